The molecular weight excluding hydrogens is 348 g/mol. The summed E-state index contributed by atoms with van der Waals surface area (Å²) in [5.74, 6) is -0.126. The third kappa shape index (κ3) is 2.62. The molecule has 1 aliphatic heterocycles. The topological polar surface area (TPSA) is 108 Å². The van der Waals surface area contributed by atoms with Crippen LogP contribution in [0, 0.1) is 6.92 Å². The normalized spacial score (nSPS) is 13.8. The maximum atomic E-state index is 12.9. The number of imidazole rings is 1. The van der Waals surface area contributed by atoms with Gasteiger partial charge in [-0.2, -0.15) is 4.98 Å². The fourth-order valence-electron chi connectivity index (χ4n) is 3.60. The summed E-state index contributed by atoms with van der Waals surface area (Å²) in [6.07, 6.45) is 0.824. The van der Waals surface area contributed by atoms with Crippen molar-refractivity contribution in [1.82, 2.24) is 18.7 Å². The van der Waals surface area contributed by atoms with Gasteiger partial charge in [-0.3, -0.25) is 14.2 Å². The molecule has 4 rings (SSSR count). The van der Waals surface area contributed by atoms with Gasteiger partial charge in [0.25, 0.3) is 5.56 Å². The van der Waals surface area contributed by atoms with Crippen molar-refractivity contribution in [1.29, 1.82) is 0 Å². The van der Waals surface area contributed by atoms with Crippen molar-refractivity contribution < 1.29 is 4.79 Å². The number of nitrogens with two attached hydrogens (primary N) is 1. The molecule has 1 amide bonds. The van der Waals surface area contributed by atoms with E-state index in [4.69, 9.17) is 5.73 Å². The van der Waals surface area contributed by atoms with Crippen LogP contribution in [0.3, 0.4) is 0 Å². The second kappa shape index (κ2) is 6.11. The van der Waals surface area contributed by atoms with Crippen molar-refractivity contribution in [3.05, 3.63) is 50.7 Å². The molecular formula is C18H20N6O3. The van der Waals surface area contributed by atoms with E-state index < -0.39 is 23.7 Å². The third-order valence-electron chi connectivity index (χ3n) is 4.84. The third-order valence-corrected chi connectivity index (χ3v) is 4.84. The van der Waals surface area contributed by atoms with Gasteiger partial charge in [0, 0.05) is 25.8 Å². The SMILES string of the molecule is Cc1cccc(N2CCCn3c2nc2c3c(=O)n(CC(N)=O)c(=O)n2C)c1. The van der Waals surface area contributed by atoms with Crippen LogP contribution in [0.2, 0.25) is 0 Å². The van der Waals surface area contributed by atoms with Crippen LogP contribution in [0.15, 0.2) is 33.9 Å². The van der Waals surface area contributed by atoms with E-state index in [1.54, 1.807) is 0 Å². The monoisotopic (exact) mass is 368 g/mol. The van der Waals surface area contributed by atoms with Crippen LogP contribution in [0.25, 0.3) is 11.2 Å². The zero-order valence-electron chi connectivity index (χ0n) is 15.2. The maximum Gasteiger partial charge on any atom is 0.332 e. The van der Waals surface area contributed by atoms with Gasteiger partial charge in [0.15, 0.2) is 11.2 Å². The van der Waals surface area contributed by atoms with E-state index >= 15 is 0 Å². The fraction of sp³-hybridized carbons (Fsp3) is 0.333. The molecule has 0 fully saturated rings. The first-order chi connectivity index (χ1) is 12.9. The Bertz CT molecular complexity index is 1190. The zero-order valence-corrected chi connectivity index (χ0v) is 15.2. The first-order valence-corrected chi connectivity index (χ1v) is 8.71. The van der Waals surface area contributed by atoms with Crippen molar-refractivity contribution in [2.75, 3.05) is 11.4 Å². The van der Waals surface area contributed by atoms with Gasteiger partial charge in [0.05, 0.1) is 0 Å². The molecule has 0 spiro atoms. The summed E-state index contributed by atoms with van der Waals surface area (Å²) < 4.78 is 3.98. The van der Waals surface area contributed by atoms with E-state index in [2.05, 4.69) is 11.1 Å². The van der Waals surface area contributed by atoms with E-state index in [-0.39, 0.29) is 0 Å². The molecule has 140 valence electrons. The van der Waals surface area contributed by atoms with E-state index in [9.17, 15) is 14.4 Å². The minimum absolute atomic E-state index is 0.306. The highest BCUT2D eigenvalue weighted by molar-refractivity contribution is 5.78. The highest BCUT2D eigenvalue weighted by atomic mass is 16.2. The van der Waals surface area contributed by atoms with Gasteiger partial charge < -0.3 is 15.2 Å². The molecule has 2 aromatic heterocycles. The Hall–Kier alpha value is -3.36. The van der Waals surface area contributed by atoms with Crippen LogP contribution >= 0.6 is 0 Å². The van der Waals surface area contributed by atoms with E-state index in [1.165, 1.54) is 11.6 Å². The summed E-state index contributed by atoms with van der Waals surface area (Å²) in [7, 11) is 1.54. The van der Waals surface area contributed by atoms with Crippen LogP contribution in [0.1, 0.15) is 12.0 Å². The number of rotatable bonds is 3. The molecule has 9 nitrogen and oxygen atoms in total. The van der Waals surface area contributed by atoms with Gasteiger partial charge in [-0.25, -0.2) is 9.36 Å². The Morgan fingerprint density at radius 3 is 2.74 bits per heavy atom. The molecule has 27 heavy (non-hydrogen) atoms. The molecule has 0 saturated heterocycles. The predicted octanol–water partition coefficient (Wildman–Crippen LogP) is 0.232. The molecule has 1 aromatic carbocycles. The first kappa shape index (κ1) is 17.1. The summed E-state index contributed by atoms with van der Waals surface area (Å²) in [4.78, 5) is 43.4. The lowest BCUT2D eigenvalue weighted by Crippen LogP contribution is -2.42. The van der Waals surface area contributed by atoms with Gasteiger partial charge in [0.1, 0.15) is 6.54 Å². The van der Waals surface area contributed by atoms with Crippen molar-refractivity contribution in [2.24, 2.45) is 12.8 Å². The van der Waals surface area contributed by atoms with Gasteiger partial charge in [-0.15, -0.1) is 0 Å². The molecule has 0 aliphatic carbocycles. The number of aryl methyl sites for hydroxylation is 3. The molecule has 1 aliphatic rings. The Balaban J connectivity index is 2.00. The van der Waals surface area contributed by atoms with E-state index in [0.717, 1.165) is 28.8 Å². The van der Waals surface area contributed by atoms with Crippen LogP contribution in [0.4, 0.5) is 11.6 Å². The summed E-state index contributed by atoms with van der Waals surface area (Å²) in [5, 5.41) is 0. The van der Waals surface area contributed by atoms with Crippen molar-refractivity contribution >= 4 is 28.7 Å². The number of nitrogens with zero attached hydrogens (tertiary/aromatic N) is 5. The Morgan fingerprint density at radius 2 is 2.04 bits per heavy atom. The smallest absolute Gasteiger partial charge is 0.332 e. The van der Waals surface area contributed by atoms with Crippen LogP contribution in [-0.4, -0.2) is 31.1 Å². The molecule has 3 heterocycles. The number of anilines is 2. The van der Waals surface area contributed by atoms with Crippen molar-refractivity contribution in [3.63, 3.8) is 0 Å². The molecule has 0 radical (unpaired) electrons. The molecule has 9 heteroatoms. The molecule has 3 aromatic rings. The maximum absolute atomic E-state index is 12.9. The van der Waals surface area contributed by atoms with Crippen molar-refractivity contribution in [3.8, 4) is 0 Å². The Kier molecular flexibility index (Phi) is 3.87. The number of hydrogen-bond donors (Lipinski definition) is 1. The van der Waals surface area contributed by atoms with Gasteiger partial charge in [-0.1, -0.05) is 12.1 Å². The lowest BCUT2D eigenvalue weighted by Gasteiger charge is -2.29. The number of primary amides is 1. The van der Waals surface area contributed by atoms with Crippen LogP contribution in [0.5, 0.6) is 0 Å². The Morgan fingerprint density at radius 1 is 1.26 bits per heavy atom. The van der Waals surface area contributed by atoms with Crippen LogP contribution < -0.4 is 21.9 Å². The number of aromatic nitrogens is 4. The average molecular weight is 368 g/mol. The standard InChI is InChI=1S/C18H20N6O3/c1-11-5-3-6-12(9-11)22-7-4-8-23-14-15(20-17(22)23)21(2)18(27)24(16(14)26)10-13(19)25/h3,5-6,9H,4,7-8,10H2,1-2H3,(H2,19,25). The number of benzene rings is 1. The second-order valence-corrected chi connectivity index (χ2v) is 6.78. The number of fused-ring (bicyclic) bond motifs is 3. The summed E-state index contributed by atoms with van der Waals surface area (Å²) in [6, 6.07) is 8.04. The minimum atomic E-state index is -0.742. The molecule has 0 bridgehead atoms. The average Bonchev–Trinajstić information content (AvgIpc) is 3.03. The predicted molar refractivity (Wildman–Crippen MR) is 101 cm³/mol. The van der Waals surface area contributed by atoms with Gasteiger partial charge >= 0.3 is 5.69 Å². The fourth-order valence-corrected chi connectivity index (χ4v) is 3.60. The summed E-state index contributed by atoms with van der Waals surface area (Å²) in [6.45, 7) is 2.93. The zero-order chi connectivity index (χ0) is 19.3. The highest BCUT2D eigenvalue weighted by Gasteiger charge is 2.27. The second-order valence-electron chi connectivity index (χ2n) is 6.78. The number of amides is 1. The van der Waals surface area contributed by atoms with Crippen molar-refractivity contribution in [2.45, 2.75) is 26.4 Å². The minimum Gasteiger partial charge on any atom is -0.368 e. The molecule has 2 N–H and O–H groups in total. The summed E-state index contributed by atoms with van der Waals surface area (Å²) >= 11 is 0. The Labute approximate surface area is 154 Å². The van der Waals surface area contributed by atoms with E-state index in [1.807, 2.05) is 34.6 Å². The van der Waals surface area contributed by atoms with Gasteiger partial charge in [0.2, 0.25) is 11.9 Å². The van der Waals surface area contributed by atoms with Gasteiger partial charge in [-0.05, 0) is 31.0 Å². The molecule has 0 unspecified atom stereocenters. The molecule has 0 atom stereocenters. The summed E-state index contributed by atoms with van der Waals surface area (Å²) in [5.41, 5.74) is 6.77. The quantitative estimate of drug-likeness (QED) is 0.712. The lowest BCUT2D eigenvalue weighted by molar-refractivity contribution is -0.118. The van der Waals surface area contributed by atoms with Crippen LogP contribution in [-0.2, 0) is 24.9 Å². The number of carbonyl (C=O) groups excluding carboxylic acids is 1. The van der Waals surface area contributed by atoms with E-state index in [0.29, 0.717) is 23.7 Å². The number of carbonyl (C=O) groups is 1. The number of hydrogen-bond acceptors (Lipinski definition) is 5. The first-order valence-electron chi connectivity index (χ1n) is 8.71. The largest absolute Gasteiger partial charge is 0.368 e. The highest BCUT2D eigenvalue weighted by Crippen LogP contribution is 2.31. The molecule has 0 saturated carbocycles. The lowest BCUT2D eigenvalue weighted by atomic mass is 10.2.